The van der Waals surface area contributed by atoms with Crippen molar-refractivity contribution in [3.05, 3.63) is 93.8 Å². The van der Waals surface area contributed by atoms with E-state index in [1.807, 2.05) is 36.4 Å². The Balaban J connectivity index is 1.72. The number of thioether (sulfide) groups is 1. The highest BCUT2D eigenvalue weighted by molar-refractivity contribution is 7.98. The predicted octanol–water partition coefficient (Wildman–Crippen LogP) is 6.21. The second-order valence-electron chi connectivity index (χ2n) is 6.91. The summed E-state index contributed by atoms with van der Waals surface area (Å²) < 4.78 is 38.9. The Morgan fingerprint density at radius 2 is 1.73 bits per heavy atom. The molecule has 30 heavy (non-hydrogen) atoms. The smallest absolute Gasteiger partial charge is 0.267 e. The van der Waals surface area contributed by atoms with Gasteiger partial charge in [0.2, 0.25) is 0 Å². The van der Waals surface area contributed by atoms with Crippen LogP contribution in [0.4, 0.5) is 13.2 Å². The molecule has 0 fully saturated rings. The largest absolute Gasteiger partial charge is 0.416 e. The molecule has 0 atom stereocenters. The molecule has 152 valence electrons. The van der Waals surface area contributed by atoms with E-state index >= 15 is 0 Å². The maximum absolute atomic E-state index is 13.0. The first kappa shape index (κ1) is 20.2. The number of aromatic amines is 1. The molecular weight excluding hydrogens is 409 g/mol. The first-order chi connectivity index (χ1) is 14.3. The molecule has 0 aliphatic heterocycles. The molecule has 3 aromatic carbocycles. The number of nitrogens with zero attached hydrogens (tertiary/aromatic N) is 1. The third-order valence-corrected chi connectivity index (χ3v) is 5.88. The van der Waals surface area contributed by atoms with E-state index in [1.54, 1.807) is 30.8 Å². The second-order valence-corrected chi connectivity index (χ2v) is 7.96. The number of halogens is 3. The van der Waals surface area contributed by atoms with Gasteiger partial charge in [-0.2, -0.15) is 18.3 Å². The Bertz CT molecular complexity index is 1270. The van der Waals surface area contributed by atoms with Crippen LogP contribution in [-0.2, 0) is 11.9 Å². The maximum atomic E-state index is 13.0. The van der Waals surface area contributed by atoms with Gasteiger partial charge in [0, 0.05) is 21.6 Å². The zero-order valence-corrected chi connectivity index (χ0v) is 16.8. The maximum Gasteiger partial charge on any atom is 0.416 e. The van der Waals surface area contributed by atoms with Gasteiger partial charge in [0.25, 0.3) is 5.56 Å². The molecule has 1 heterocycles. The van der Waals surface area contributed by atoms with Gasteiger partial charge in [-0.25, -0.2) is 5.10 Å². The van der Waals surface area contributed by atoms with Gasteiger partial charge in [0.15, 0.2) is 0 Å². The Labute approximate surface area is 175 Å². The van der Waals surface area contributed by atoms with Crippen molar-refractivity contribution in [1.82, 2.24) is 10.2 Å². The highest BCUT2D eigenvalue weighted by Gasteiger charge is 2.30. The van der Waals surface area contributed by atoms with E-state index in [0.717, 1.165) is 22.8 Å². The summed E-state index contributed by atoms with van der Waals surface area (Å²) in [7, 11) is 0. The Kier molecular flexibility index (Phi) is 5.39. The van der Waals surface area contributed by atoms with Gasteiger partial charge in [0.1, 0.15) is 0 Å². The molecule has 1 aromatic heterocycles. The molecule has 0 unspecified atom stereocenters. The lowest BCUT2D eigenvalue weighted by Gasteiger charge is -2.12. The lowest BCUT2D eigenvalue weighted by atomic mass is 9.99. The van der Waals surface area contributed by atoms with Gasteiger partial charge in [-0.15, -0.1) is 11.8 Å². The van der Waals surface area contributed by atoms with E-state index in [9.17, 15) is 18.0 Å². The van der Waals surface area contributed by atoms with Crippen LogP contribution in [0.2, 0.25) is 0 Å². The predicted molar refractivity (Wildman–Crippen MR) is 114 cm³/mol. The Morgan fingerprint density at radius 3 is 2.43 bits per heavy atom. The molecule has 0 aliphatic rings. The monoisotopic (exact) mass is 426 g/mol. The number of H-pyrrole nitrogens is 1. The summed E-state index contributed by atoms with van der Waals surface area (Å²) >= 11 is 1.61. The van der Waals surface area contributed by atoms with Crippen LogP contribution in [0.15, 0.2) is 76.4 Å². The number of hydrogen-bond donors (Lipinski definition) is 1. The molecule has 1 N–H and O–H groups in total. The van der Waals surface area contributed by atoms with E-state index in [-0.39, 0.29) is 5.56 Å². The van der Waals surface area contributed by atoms with Crippen LogP contribution in [0.25, 0.3) is 22.0 Å². The van der Waals surface area contributed by atoms with Gasteiger partial charge in [-0.3, -0.25) is 4.79 Å². The molecule has 3 nitrogen and oxygen atoms in total. The fraction of sp³-hybridized carbons (Fsp3) is 0.130. The number of hydrogen-bond acceptors (Lipinski definition) is 3. The van der Waals surface area contributed by atoms with Crippen LogP contribution in [0, 0.1) is 6.92 Å². The summed E-state index contributed by atoms with van der Waals surface area (Å²) in [6.45, 7) is 1.60. The number of fused-ring (bicyclic) bond motifs is 1. The summed E-state index contributed by atoms with van der Waals surface area (Å²) in [5.41, 5.74) is 1.57. The van der Waals surface area contributed by atoms with E-state index in [4.69, 9.17) is 0 Å². The molecule has 0 radical (unpaired) electrons. The van der Waals surface area contributed by atoms with Crippen molar-refractivity contribution in [2.45, 2.75) is 23.7 Å². The fourth-order valence-corrected chi connectivity index (χ4v) is 4.18. The van der Waals surface area contributed by atoms with Gasteiger partial charge in [-0.05, 0) is 42.3 Å². The number of nitrogens with one attached hydrogen (secondary N) is 1. The van der Waals surface area contributed by atoms with E-state index in [0.29, 0.717) is 27.6 Å². The average Bonchev–Trinajstić information content (AvgIpc) is 2.73. The van der Waals surface area contributed by atoms with Crippen molar-refractivity contribution in [1.29, 1.82) is 0 Å². The summed E-state index contributed by atoms with van der Waals surface area (Å²) in [6.07, 6.45) is -4.41. The molecule has 4 aromatic rings. The van der Waals surface area contributed by atoms with E-state index < -0.39 is 11.7 Å². The van der Waals surface area contributed by atoms with Crippen LogP contribution in [0.1, 0.15) is 16.7 Å². The Hall–Kier alpha value is -3.06. The van der Waals surface area contributed by atoms with Crippen LogP contribution in [0.3, 0.4) is 0 Å². The molecule has 0 saturated heterocycles. The number of rotatable bonds is 4. The first-order valence-corrected chi connectivity index (χ1v) is 10.2. The summed E-state index contributed by atoms with van der Waals surface area (Å²) in [6, 6.07) is 19.0. The highest BCUT2D eigenvalue weighted by Crippen LogP contribution is 2.35. The third kappa shape index (κ3) is 4.11. The quantitative estimate of drug-likeness (QED) is 0.395. The standard InChI is InChI=1S/C23H17F3N2OS/c1-14-11-16(23(24,25)26)7-9-18(14)21-19-10-8-17(12-20(19)22(29)28-27-21)30-13-15-5-3-2-4-6-15/h2-12H,13H2,1H3,(H,28,29). The topological polar surface area (TPSA) is 45.8 Å². The molecule has 0 bridgehead atoms. The zero-order valence-electron chi connectivity index (χ0n) is 16.0. The van der Waals surface area contributed by atoms with E-state index in [1.165, 1.54) is 11.6 Å². The van der Waals surface area contributed by atoms with Gasteiger partial charge < -0.3 is 0 Å². The lowest BCUT2D eigenvalue weighted by molar-refractivity contribution is -0.137. The summed E-state index contributed by atoms with van der Waals surface area (Å²) in [5.74, 6) is 0.764. The number of benzene rings is 3. The van der Waals surface area contributed by atoms with Gasteiger partial charge in [-0.1, -0.05) is 42.5 Å². The normalized spacial score (nSPS) is 11.7. The molecule has 4 rings (SSSR count). The van der Waals surface area contributed by atoms with Crippen molar-refractivity contribution >= 4 is 22.5 Å². The average molecular weight is 426 g/mol. The number of aromatic nitrogens is 2. The molecular formula is C23H17F3N2OS. The second kappa shape index (κ2) is 7.99. The van der Waals surface area contributed by atoms with Crippen LogP contribution in [0.5, 0.6) is 0 Å². The molecule has 0 saturated carbocycles. The minimum absolute atomic E-state index is 0.333. The summed E-state index contributed by atoms with van der Waals surface area (Å²) in [4.78, 5) is 13.3. The van der Waals surface area contributed by atoms with Crippen molar-refractivity contribution in [3.63, 3.8) is 0 Å². The third-order valence-electron chi connectivity index (χ3n) is 4.82. The highest BCUT2D eigenvalue weighted by atomic mass is 32.2. The van der Waals surface area contributed by atoms with E-state index in [2.05, 4.69) is 10.2 Å². The number of aryl methyl sites for hydroxylation is 1. The van der Waals surface area contributed by atoms with Crippen molar-refractivity contribution < 1.29 is 13.2 Å². The fourth-order valence-electron chi connectivity index (χ4n) is 3.29. The van der Waals surface area contributed by atoms with Gasteiger partial charge >= 0.3 is 6.18 Å². The molecule has 7 heteroatoms. The molecule has 0 amide bonds. The molecule has 0 aliphatic carbocycles. The van der Waals surface area contributed by atoms with Crippen LogP contribution < -0.4 is 5.56 Å². The minimum Gasteiger partial charge on any atom is -0.267 e. The van der Waals surface area contributed by atoms with Crippen LogP contribution in [-0.4, -0.2) is 10.2 Å². The van der Waals surface area contributed by atoms with Crippen molar-refractivity contribution in [2.75, 3.05) is 0 Å². The lowest BCUT2D eigenvalue weighted by Crippen LogP contribution is -2.10. The zero-order chi connectivity index (χ0) is 21.3. The minimum atomic E-state index is -4.41. The SMILES string of the molecule is Cc1cc(C(F)(F)F)ccc1-c1n[nH]c(=O)c2cc(SCc3ccccc3)ccc12. The first-order valence-electron chi connectivity index (χ1n) is 9.20. The van der Waals surface area contributed by atoms with Gasteiger partial charge in [0.05, 0.1) is 16.6 Å². The number of alkyl halides is 3. The molecule has 0 spiro atoms. The Morgan fingerprint density at radius 1 is 0.967 bits per heavy atom. The van der Waals surface area contributed by atoms with Crippen molar-refractivity contribution in [2.24, 2.45) is 0 Å². The van der Waals surface area contributed by atoms with Crippen molar-refractivity contribution in [3.8, 4) is 11.3 Å². The summed E-state index contributed by atoms with van der Waals surface area (Å²) in [5, 5.41) is 7.66. The van der Waals surface area contributed by atoms with Crippen LogP contribution >= 0.6 is 11.8 Å².